The van der Waals surface area contributed by atoms with Crippen LogP contribution in [0.5, 0.6) is 5.88 Å². The lowest BCUT2D eigenvalue weighted by molar-refractivity contribution is 0.0105. The van der Waals surface area contributed by atoms with Crippen LogP contribution in [0.2, 0.25) is 0 Å². The molecule has 0 radical (unpaired) electrons. The maximum Gasteiger partial charge on any atom is 0.292 e. The van der Waals surface area contributed by atoms with Crippen LogP contribution in [0.4, 0.5) is 0 Å². The summed E-state index contributed by atoms with van der Waals surface area (Å²) in [5, 5.41) is 3.60. The second kappa shape index (κ2) is 4.70. The molecular formula is C12H17N3O5S. The molecule has 0 atom stereocenters. The Morgan fingerprint density at radius 1 is 1.43 bits per heavy atom. The first-order valence-electron chi connectivity index (χ1n) is 6.58. The van der Waals surface area contributed by atoms with E-state index in [1.165, 1.54) is 23.7 Å². The quantitative estimate of drug-likeness (QED) is 0.766. The van der Waals surface area contributed by atoms with Crippen molar-refractivity contribution in [2.75, 3.05) is 39.5 Å². The van der Waals surface area contributed by atoms with Crippen LogP contribution >= 0.6 is 0 Å². The largest absolute Gasteiger partial charge is 0.479 e. The Hall–Kier alpha value is -1.61. The van der Waals surface area contributed by atoms with Gasteiger partial charge in [0.2, 0.25) is 15.8 Å². The standard InChI is InChI=1S/C12H17N3O5S/c1-19-10-5-9(20-13-10)11(16)14-6-12(7-14)3-4-15(8-12)21(2,17)18/h5H,3-4,6-8H2,1-2H3. The third-order valence-corrected chi connectivity index (χ3v) is 5.37. The first-order valence-corrected chi connectivity index (χ1v) is 8.43. The Kier molecular flexibility index (Phi) is 3.21. The zero-order valence-corrected chi connectivity index (χ0v) is 12.7. The van der Waals surface area contributed by atoms with Gasteiger partial charge in [-0.2, -0.15) is 0 Å². The van der Waals surface area contributed by atoms with Gasteiger partial charge < -0.3 is 14.2 Å². The highest BCUT2D eigenvalue weighted by Gasteiger charge is 2.51. The lowest BCUT2D eigenvalue weighted by atomic mass is 9.79. The monoisotopic (exact) mass is 315 g/mol. The summed E-state index contributed by atoms with van der Waals surface area (Å²) < 4.78 is 34.4. The van der Waals surface area contributed by atoms with Gasteiger partial charge in [0.15, 0.2) is 0 Å². The molecule has 2 saturated heterocycles. The highest BCUT2D eigenvalue weighted by molar-refractivity contribution is 7.88. The molecule has 116 valence electrons. The molecule has 21 heavy (non-hydrogen) atoms. The zero-order chi connectivity index (χ0) is 15.3. The summed E-state index contributed by atoms with van der Waals surface area (Å²) in [5.41, 5.74) is -0.108. The Labute approximate surface area is 122 Å². The smallest absolute Gasteiger partial charge is 0.292 e. The summed E-state index contributed by atoms with van der Waals surface area (Å²) in [7, 11) is -1.71. The summed E-state index contributed by atoms with van der Waals surface area (Å²) in [6.45, 7) is 2.09. The van der Waals surface area contributed by atoms with Crippen LogP contribution < -0.4 is 4.74 Å². The van der Waals surface area contributed by atoms with Crippen LogP contribution in [0.15, 0.2) is 10.6 Å². The molecule has 3 rings (SSSR count). The van der Waals surface area contributed by atoms with E-state index in [1.807, 2.05) is 0 Å². The molecule has 0 saturated carbocycles. The third-order valence-electron chi connectivity index (χ3n) is 4.12. The average Bonchev–Trinajstić information content (AvgIpc) is 3.02. The maximum atomic E-state index is 12.2. The molecule has 0 aliphatic carbocycles. The fourth-order valence-corrected chi connectivity index (χ4v) is 3.89. The van der Waals surface area contributed by atoms with Gasteiger partial charge in [0.05, 0.1) is 19.4 Å². The number of likely N-dealkylation sites (tertiary alicyclic amines) is 1. The average molecular weight is 315 g/mol. The molecule has 1 amide bonds. The number of hydrogen-bond acceptors (Lipinski definition) is 6. The van der Waals surface area contributed by atoms with Crippen LogP contribution in [0.3, 0.4) is 0 Å². The van der Waals surface area contributed by atoms with E-state index >= 15 is 0 Å². The van der Waals surface area contributed by atoms with Gasteiger partial charge in [-0.25, -0.2) is 12.7 Å². The summed E-state index contributed by atoms with van der Waals surface area (Å²) >= 11 is 0. The lowest BCUT2D eigenvalue weighted by Crippen LogP contribution is -2.59. The van der Waals surface area contributed by atoms with Gasteiger partial charge >= 0.3 is 0 Å². The van der Waals surface area contributed by atoms with E-state index in [9.17, 15) is 13.2 Å². The molecule has 0 unspecified atom stereocenters. The van der Waals surface area contributed by atoms with Gasteiger partial charge in [-0.1, -0.05) is 0 Å². The number of methoxy groups -OCH3 is 1. The van der Waals surface area contributed by atoms with Crippen molar-refractivity contribution in [2.24, 2.45) is 5.41 Å². The summed E-state index contributed by atoms with van der Waals surface area (Å²) in [6, 6.07) is 1.45. The molecule has 3 heterocycles. The number of amides is 1. The minimum Gasteiger partial charge on any atom is -0.479 e. The van der Waals surface area contributed by atoms with E-state index in [-0.39, 0.29) is 23.0 Å². The molecule has 2 aliphatic rings. The van der Waals surface area contributed by atoms with E-state index in [1.54, 1.807) is 4.90 Å². The van der Waals surface area contributed by atoms with Gasteiger partial charge in [0.1, 0.15) is 0 Å². The second-order valence-electron chi connectivity index (χ2n) is 5.74. The zero-order valence-electron chi connectivity index (χ0n) is 11.9. The number of carbonyl (C=O) groups excluding carboxylic acids is 1. The van der Waals surface area contributed by atoms with Crippen molar-refractivity contribution < 1.29 is 22.5 Å². The Morgan fingerprint density at radius 2 is 2.14 bits per heavy atom. The summed E-state index contributed by atoms with van der Waals surface area (Å²) in [6.07, 6.45) is 2.00. The molecule has 0 N–H and O–H groups in total. The minimum atomic E-state index is -3.15. The van der Waals surface area contributed by atoms with E-state index in [0.29, 0.717) is 26.2 Å². The van der Waals surface area contributed by atoms with Crippen molar-refractivity contribution in [1.29, 1.82) is 0 Å². The highest BCUT2D eigenvalue weighted by atomic mass is 32.2. The fourth-order valence-electron chi connectivity index (χ4n) is 2.95. The van der Waals surface area contributed by atoms with Crippen molar-refractivity contribution >= 4 is 15.9 Å². The molecule has 2 aliphatic heterocycles. The van der Waals surface area contributed by atoms with Gasteiger partial charge in [0, 0.05) is 31.6 Å². The molecule has 9 heteroatoms. The summed E-state index contributed by atoms with van der Waals surface area (Å²) in [5.74, 6) is 0.159. The van der Waals surface area contributed by atoms with E-state index < -0.39 is 10.0 Å². The van der Waals surface area contributed by atoms with Crippen molar-refractivity contribution in [1.82, 2.24) is 14.4 Å². The van der Waals surface area contributed by atoms with E-state index in [0.717, 1.165) is 6.42 Å². The lowest BCUT2D eigenvalue weighted by Gasteiger charge is -2.47. The number of sulfonamides is 1. The van der Waals surface area contributed by atoms with Crippen molar-refractivity contribution in [3.63, 3.8) is 0 Å². The predicted octanol–water partition coefficient (Wildman–Crippen LogP) is -0.209. The molecule has 1 spiro atoms. The third kappa shape index (κ3) is 2.51. The van der Waals surface area contributed by atoms with Crippen LogP contribution in [0.1, 0.15) is 17.0 Å². The normalized spacial score (nSPS) is 21.5. The minimum absolute atomic E-state index is 0.108. The molecule has 0 bridgehead atoms. The Morgan fingerprint density at radius 3 is 2.67 bits per heavy atom. The van der Waals surface area contributed by atoms with Gasteiger partial charge in [-0.3, -0.25) is 4.79 Å². The van der Waals surface area contributed by atoms with Crippen molar-refractivity contribution in [3.8, 4) is 5.88 Å². The molecular weight excluding hydrogens is 298 g/mol. The Bertz CT molecular complexity index is 662. The fraction of sp³-hybridized carbons (Fsp3) is 0.667. The van der Waals surface area contributed by atoms with Gasteiger partial charge in [0.25, 0.3) is 11.8 Å². The maximum absolute atomic E-state index is 12.2. The molecule has 0 aromatic carbocycles. The van der Waals surface area contributed by atoms with E-state index in [4.69, 9.17) is 9.26 Å². The number of ether oxygens (including phenoxy) is 1. The van der Waals surface area contributed by atoms with Crippen molar-refractivity contribution in [2.45, 2.75) is 6.42 Å². The van der Waals surface area contributed by atoms with E-state index in [2.05, 4.69) is 5.16 Å². The number of rotatable bonds is 3. The molecule has 8 nitrogen and oxygen atoms in total. The summed E-state index contributed by atoms with van der Waals surface area (Å²) in [4.78, 5) is 13.8. The highest BCUT2D eigenvalue weighted by Crippen LogP contribution is 2.40. The molecule has 2 fully saturated rings. The molecule has 1 aromatic rings. The predicted molar refractivity (Wildman–Crippen MR) is 72.4 cm³/mol. The SMILES string of the molecule is COc1cc(C(=O)N2CC3(CCN(S(C)(=O)=O)C3)C2)on1. The second-order valence-corrected chi connectivity index (χ2v) is 7.72. The number of aromatic nitrogens is 1. The Balaban J connectivity index is 1.62. The number of nitrogens with zero attached hydrogens (tertiary/aromatic N) is 3. The van der Waals surface area contributed by atoms with Crippen LogP contribution in [0.25, 0.3) is 0 Å². The van der Waals surface area contributed by atoms with Gasteiger partial charge in [-0.15, -0.1) is 0 Å². The topological polar surface area (TPSA) is 93.0 Å². The number of hydrogen-bond donors (Lipinski definition) is 0. The first kappa shape index (κ1) is 14.3. The number of carbonyl (C=O) groups is 1. The van der Waals surface area contributed by atoms with Gasteiger partial charge in [-0.05, 0) is 11.6 Å². The van der Waals surface area contributed by atoms with Crippen LogP contribution in [-0.4, -0.2) is 68.2 Å². The van der Waals surface area contributed by atoms with Crippen molar-refractivity contribution in [3.05, 3.63) is 11.8 Å². The molecule has 1 aromatic heterocycles. The first-order chi connectivity index (χ1) is 9.83. The van der Waals surface area contributed by atoms with Crippen LogP contribution in [0, 0.1) is 5.41 Å². The van der Waals surface area contributed by atoms with Crippen LogP contribution in [-0.2, 0) is 10.0 Å².